The molecule has 1 atom stereocenters. The fourth-order valence-electron chi connectivity index (χ4n) is 2.40. The van der Waals surface area contributed by atoms with Gasteiger partial charge in [0.1, 0.15) is 5.01 Å². The van der Waals surface area contributed by atoms with Crippen LogP contribution in [0.5, 0.6) is 0 Å². The topological polar surface area (TPSA) is 36.4 Å². The number of rotatable bonds is 4. The molecule has 0 unspecified atom stereocenters. The van der Waals surface area contributed by atoms with Crippen LogP contribution in [0.2, 0.25) is 0 Å². The van der Waals surface area contributed by atoms with Crippen molar-refractivity contribution in [2.24, 2.45) is 0 Å². The fraction of sp³-hybridized carbons (Fsp3) is 0.462. The molecule has 1 aliphatic heterocycles. The van der Waals surface area contributed by atoms with Gasteiger partial charge in [0.15, 0.2) is 0 Å². The molecule has 1 saturated heterocycles. The summed E-state index contributed by atoms with van der Waals surface area (Å²) in [7, 11) is 0. The molecule has 0 bridgehead atoms. The lowest BCUT2D eigenvalue weighted by molar-refractivity contribution is 0.154. The van der Waals surface area contributed by atoms with Crippen LogP contribution in [0.4, 0.5) is 0 Å². The Labute approximate surface area is 115 Å². The number of likely N-dealkylation sites (tertiary alicyclic amines) is 1. The average Bonchev–Trinajstić information content (AvgIpc) is 3.10. The highest BCUT2D eigenvalue weighted by Gasteiger charge is 2.24. The Morgan fingerprint density at radius 3 is 3.22 bits per heavy atom. The van der Waals surface area contributed by atoms with E-state index in [0.717, 1.165) is 24.5 Å². The lowest BCUT2D eigenvalue weighted by atomic mass is 10.2. The molecule has 1 fully saturated rings. The monoisotopic (exact) mass is 280 g/mol. The second-order valence-electron chi connectivity index (χ2n) is 4.56. The van der Waals surface area contributed by atoms with Crippen LogP contribution in [-0.2, 0) is 6.54 Å². The third-order valence-corrected chi connectivity index (χ3v) is 5.38. The molecule has 0 aromatic carbocycles. The summed E-state index contributed by atoms with van der Waals surface area (Å²) >= 11 is 3.50. The Balaban J connectivity index is 1.70. The van der Waals surface area contributed by atoms with E-state index in [1.165, 1.54) is 16.2 Å². The molecule has 0 radical (unpaired) electrons. The van der Waals surface area contributed by atoms with Crippen molar-refractivity contribution in [3.63, 3.8) is 0 Å². The Morgan fingerprint density at radius 1 is 1.50 bits per heavy atom. The van der Waals surface area contributed by atoms with Crippen molar-refractivity contribution in [3.05, 3.63) is 28.6 Å². The summed E-state index contributed by atoms with van der Waals surface area (Å²) in [5.41, 5.74) is 0. The van der Waals surface area contributed by atoms with Crippen LogP contribution in [0, 0.1) is 0 Å². The quantitative estimate of drug-likeness (QED) is 0.935. The minimum Gasteiger partial charge on any atom is -0.395 e. The van der Waals surface area contributed by atoms with Crippen LogP contribution in [0.1, 0.15) is 17.7 Å². The van der Waals surface area contributed by atoms with E-state index in [1.807, 2.05) is 6.20 Å². The van der Waals surface area contributed by atoms with Gasteiger partial charge in [-0.2, -0.15) is 0 Å². The van der Waals surface area contributed by atoms with Gasteiger partial charge in [-0.15, -0.1) is 22.7 Å². The number of aliphatic hydroxyl groups is 1. The number of aliphatic hydroxyl groups excluding tert-OH is 1. The lowest BCUT2D eigenvalue weighted by Crippen LogP contribution is -2.31. The van der Waals surface area contributed by atoms with E-state index in [0.29, 0.717) is 6.04 Å². The lowest BCUT2D eigenvalue weighted by Gasteiger charge is -2.21. The highest BCUT2D eigenvalue weighted by atomic mass is 32.1. The van der Waals surface area contributed by atoms with Gasteiger partial charge in [0.2, 0.25) is 0 Å². The minimum atomic E-state index is 0.274. The van der Waals surface area contributed by atoms with Gasteiger partial charge in [-0.1, -0.05) is 6.07 Å². The smallest absolute Gasteiger partial charge is 0.133 e. The van der Waals surface area contributed by atoms with Gasteiger partial charge in [0.25, 0.3) is 0 Å². The fourth-order valence-corrected chi connectivity index (χ4v) is 4.15. The first kappa shape index (κ1) is 12.3. The number of hydrogen-bond donors (Lipinski definition) is 1. The molecule has 18 heavy (non-hydrogen) atoms. The molecular weight excluding hydrogens is 264 g/mol. The van der Waals surface area contributed by atoms with Gasteiger partial charge in [0, 0.05) is 23.7 Å². The molecule has 3 nitrogen and oxygen atoms in total. The number of nitrogens with zero attached hydrogens (tertiary/aromatic N) is 2. The summed E-state index contributed by atoms with van der Waals surface area (Å²) in [5, 5.41) is 12.5. The maximum Gasteiger partial charge on any atom is 0.133 e. The van der Waals surface area contributed by atoms with Crippen molar-refractivity contribution < 1.29 is 5.11 Å². The second kappa shape index (κ2) is 5.48. The summed E-state index contributed by atoms with van der Waals surface area (Å²) in [6, 6.07) is 4.51. The number of thiazole rings is 1. The summed E-state index contributed by atoms with van der Waals surface area (Å²) in [4.78, 5) is 9.39. The van der Waals surface area contributed by atoms with E-state index >= 15 is 0 Å². The average molecular weight is 280 g/mol. The van der Waals surface area contributed by atoms with Gasteiger partial charge in [0.05, 0.1) is 11.5 Å². The molecule has 0 spiro atoms. The third kappa shape index (κ3) is 2.49. The molecule has 3 heterocycles. The molecule has 0 saturated carbocycles. The summed E-state index contributed by atoms with van der Waals surface area (Å²) in [6.45, 7) is 2.29. The Bertz CT molecular complexity index is 495. The summed E-state index contributed by atoms with van der Waals surface area (Å²) in [6.07, 6.45) is 4.29. The molecule has 3 rings (SSSR count). The molecule has 1 N–H and O–H groups in total. The molecule has 1 aliphatic rings. The predicted octanol–water partition coefficient (Wildman–Crippen LogP) is 2.83. The van der Waals surface area contributed by atoms with Gasteiger partial charge in [-0.05, 0) is 30.8 Å². The van der Waals surface area contributed by atoms with E-state index in [-0.39, 0.29) is 6.61 Å². The van der Waals surface area contributed by atoms with Crippen LogP contribution in [-0.4, -0.2) is 34.2 Å². The van der Waals surface area contributed by atoms with Crippen molar-refractivity contribution in [1.82, 2.24) is 9.88 Å². The van der Waals surface area contributed by atoms with E-state index < -0.39 is 0 Å². The largest absolute Gasteiger partial charge is 0.395 e. The van der Waals surface area contributed by atoms with Crippen LogP contribution in [0.25, 0.3) is 9.88 Å². The van der Waals surface area contributed by atoms with Gasteiger partial charge in [-0.3, -0.25) is 4.90 Å². The van der Waals surface area contributed by atoms with E-state index in [4.69, 9.17) is 0 Å². The maximum atomic E-state index is 9.32. The van der Waals surface area contributed by atoms with Crippen LogP contribution < -0.4 is 0 Å². The number of aromatic nitrogens is 1. The number of thiophene rings is 1. The van der Waals surface area contributed by atoms with E-state index in [1.54, 1.807) is 22.7 Å². The van der Waals surface area contributed by atoms with Gasteiger partial charge in [-0.25, -0.2) is 4.98 Å². The number of hydrogen-bond acceptors (Lipinski definition) is 5. The standard InChI is InChI=1S/C13H16N2OS2/c16-9-10-3-1-5-15(10)8-11-7-14-13(18-11)12-4-2-6-17-12/h2,4,6-7,10,16H,1,3,5,8-9H2/t10-/m1/s1. The molecule has 5 heteroatoms. The normalized spacial score (nSPS) is 20.6. The van der Waals surface area contributed by atoms with Crippen molar-refractivity contribution in [1.29, 1.82) is 0 Å². The summed E-state index contributed by atoms with van der Waals surface area (Å²) in [5.74, 6) is 0. The molecule has 2 aromatic rings. The molecule has 0 aliphatic carbocycles. The van der Waals surface area contributed by atoms with Crippen molar-refractivity contribution in [2.75, 3.05) is 13.2 Å². The van der Waals surface area contributed by atoms with E-state index in [2.05, 4.69) is 27.4 Å². The molecule has 0 amide bonds. The third-order valence-electron chi connectivity index (χ3n) is 3.35. The van der Waals surface area contributed by atoms with Crippen LogP contribution in [0.3, 0.4) is 0 Å². The Kier molecular flexibility index (Phi) is 3.75. The summed E-state index contributed by atoms with van der Waals surface area (Å²) < 4.78 is 0. The van der Waals surface area contributed by atoms with Crippen molar-refractivity contribution in [2.45, 2.75) is 25.4 Å². The molecular formula is C13H16N2OS2. The molecule has 96 valence electrons. The highest BCUT2D eigenvalue weighted by Crippen LogP contribution is 2.30. The molecule has 2 aromatic heterocycles. The zero-order valence-corrected chi connectivity index (χ0v) is 11.7. The zero-order valence-electron chi connectivity index (χ0n) is 10.1. The van der Waals surface area contributed by atoms with E-state index in [9.17, 15) is 5.11 Å². The minimum absolute atomic E-state index is 0.274. The second-order valence-corrected chi connectivity index (χ2v) is 6.62. The first-order chi connectivity index (χ1) is 8.86. The van der Waals surface area contributed by atoms with Gasteiger partial charge < -0.3 is 5.11 Å². The Morgan fingerprint density at radius 2 is 2.44 bits per heavy atom. The first-order valence-electron chi connectivity index (χ1n) is 6.20. The van der Waals surface area contributed by atoms with Crippen molar-refractivity contribution in [3.8, 4) is 9.88 Å². The predicted molar refractivity (Wildman–Crippen MR) is 75.9 cm³/mol. The highest BCUT2D eigenvalue weighted by molar-refractivity contribution is 7.20. The zero-order chi connectivity index (χ0) is 12.4. The first-order valence-corrected chi connectivity index (χ1v) is 7.90. The maximum absolute atomic E-state index is 9.32. The van der Waals surface area contributed by atoms with Crippen LogP contribution >= 0.6 is 22.7 Å². The Hall–Kier alpha value is -0.750. The van der Waals surface area contributed by atoms with Crippen LogP contribution in [0.15, 0.2) is 23.7 Å². The van der Waals surface area contributed by atoms with Crippen molar-refractivity contribution >= 4 is 22.7 Å². The SMILES string of the molecule is OC[C@H]1CCCN1Cc1cnc(-c2cccs2)s1. The van der Waals surface area contributed by atoms with Gasteiger partial charge >= 0.3 is 0 Å².